The lowest BCUT2D eigenvalue weighted by molar-refractivity contribution is -0.157. The first-order valence-corrected chi connectivity index (χ1v) is 6.71. The van der Waals surface area contributed by atoms with Gasteiger partial charge in [0.1, 0.15) is 5.01 Å². The Morgan fingerprint density at radius 3 is 2.78 bits per heavy atom. The number of fused-ring (bicyclic) bond motifs is 1. The van der Waals surface area contributed by atoms with Crippen molar-refractivity contribution in [2.24, 2.45) is 0 Å². The number of carbonyl (C=O) groups is 1. The Morgan fingerprint density at radius 2 is 2.11 bits per heavy atom. The van der Waals surface area contributed by atoms with Crippen LogP contribution >= 0.6 is 11.3 Å². The second kappa shape index (κ2) is 5.93. The highest BCUT2D eigenvalue weighted by molar-refractivity contribution is 7.18. The molecule has 0 aliphatic rings. The summed E-state index contributed by atoms with van der Waals surface area (Å²) in [5, 5.41) is 0.650. The lowest BCUT2D eigenvalue weighted by Crippen LogP contribution is -2.18. The van der Waals surface area contributed by atoms with Crippen LogP contribution in [0.1, 0.15) is 25.0 Å². The van der Waals surface area contributed by atoms with Crippen LogP contribution < -0.4 is 0 Å². The first kappa shape index (κ1) is 13.0. The van der Waals surface area contributed by atoms with Crippen LogP contribution in [-0.2, 0) is 14.3 Å². The molecule has 0 N–H and O–H groups in total. The lowest BCUT2D eigenvalue weighted by atomic mass is 10.3. The SMILES string of the molecule is CCOC(=O)C(OCC)c1nc2ccccc2s1. The Morgan fingerprint density at radius 1 is 1.33 bits per heavy atom. The summed E-state index contributed by atoms with van der Waals surface area (Å²) in [6, 6.07) is 7.77. The summed E-state index contributed by atoms with van der Waals surface area (Å²) in [5.41, 5.74) is 0.881. The van der Waals surface area contributed by atoms with Gasteiger partial charge in [0.2, 0.25) is 6.10 Å². The van der Waals surface area contributed by atoms with Gasteiger partial charge in [0, 0.05) is 6.61 Å². The molecule has 1 atom stereocenters. The molecule has 0 aliphatic carbocycles. The molecule has 0 radical (unpaired) electrons. The normalized spacial score (nSPS) is 12.6. The average Bonchev–Trinajstić information content (AvgIpc) is 2.79. The van der Waals surface area contributed by atoms with Crippen molar-refractivity contribution in [2.75, 3.05) is 13.2 Å². The predicted molar refractivity (Wildman–Crippen MR) is 70.6 cm³/mol. The largest absolute Gasteiger partial charge is 0.464 e. The smallest absolute Gasteiger partial charge is 0.342 e. The zero-order chi connectivity index (χ0) is 13.0. The van der Waals surface area contributed by atoms with Crippen molar-refractivity contribution in [3.63, 3.8) is 0 Å². The number of esters is 1. The van der Waals surface area contributed by atoms with Gasteiger partial charge in [-0.25, -0.2) is 9.78 Å². The van der Waals surface area contributed by atoms with Crippen molar-refractivity contribution in [1.29, 1.82) is 0 Å². The molecule has 1 unspecified atom stereocenters. The molecule has 0 bridgehead atoms. The molecule has 0 amide bonds. The molecule has 0 saturated carbocycles. The predicted octanol–water partition coefficient (Wildman–Crippen LogP) is 2.94. The standard InChI is InChI=1S/C13H15NO3S/c1-3-16-11(13(15)17-4-2)12-14-9-7-5-6-8-10(9)18-12/h5-8,11H,3-4H2,1-2H3. The molecule has 5 heteroatoms. The van der Waals surface area contributed by atoms with Crippen LogP contribution in [0, 0.1) is 0 Å². The highest BCUT2D eigenvalue weighted by Crippen LogP contribution is 2.29. The number of nitrogens with zero attached hydrogens (tertiary/aromatic N) is 1. The topological polar surface area (TPSA) is 48.4 Å². The fourth-order valence-electron chi connectivity index (χ4n) is 1.63. The van der Waals surface area contributed by atoms with Gasteiger partial charge >= 0.3 is 5.97 Å². The summed E-state index contributed by atoms with van der Waals surface area (Å²) in [6.45, 7) is 4.41. The summed E-state index contributed by atoms with van der Waals surface area (Å²) in [4.78, 5) is 16.3. The molecule has 2 rings (SSSR count). The van der Waals surface area contributed by atoms with E-state index in [0.717, 1.165) is 10.2 Å². The van der Waals surface area contributed by atoms with Gasteiger partial charge in [-0.1, -0.05) is 12.1 Å². The van der Waals surface area contributed by atoms with Crippen molar-refractivity contribution in [3.05, 3.63) is 29.3 Å². The summed E-state index contributed by atoms with van der Waals surface area (Å²) < 4.78 is 11.5. The summed E-state index contributed by atoms with van der Waals surface area (Å²) in [7, 11) is 0. The molecule has 2 aromatic rings. The van der Waals surface area contributed by atoms with Crippen molar-refractivity contribution >= 4 is 27.5 Å². The maximum atomic E-state index is 11.8. The fourth-order valence-corrected chi connectivity index (χ4v) is 2.63. The second-order valence-corrected chi connectivity index (χ2v) is 4.67. The van der Waals surface area contributed by atoms with Crippen LogP contribution in [-0.4, -0.2) is 24.2 Å². The number of rotatable bonds is 5. The first-order valence-electron chi connectivity index (χ1n) is 5.90. The highest BCUT2D eigenvalue weighted by atomic mass is 32.1. The van der Waals surface area contributed by atoms with Crippen LogP contribution in [0.4, 0.5) is 0 Å². The number of hydrogen-bond donors (Lipinski definition) is 0. The quantitative estimate of drug-likeness (QED) is 0.780. The summed E-state index contributed by atoms with van der Waals surface area (Å²) >= 11 is 1.46. The molecule has 0 saturated heterocycles. The Balaban J connectivity index is 2.32. The minimum absolute atomic E-state index is 0.341. The molecule has 1 heterocycles. The van der Waals surface area contributed by atoms with Gasteiger partial charge in [-0.3, -0.25) is 0 Å². The molecule has 96 valence electrons. The van der Waals surface area contributed by atoms with E-state index in [1.807, 2.05) is 31.2 Å². The van der Waals surface area contributed by atoms with Crippen LogP contribution in [0.15, 0.2) is 24.3 Å². The Hall–Kier alpha value is -1.46. The zero-order valence-electron chi connectivity index (χ0n) is 10.4. The highest BCUT2D eigenvalue weighted by Gasteiger charge is 2.25. The Labute approximate surface area is 110 Å². The van der Waals surface area contributed by atoms with Gasteiger partial charge in [-0.05, 0) is 26.0 Å². The summed E-state index contributed by atoms with van der Waals surface area (Å²) in [6.07, 6.45) is -0.715. The third kappa shape index (κ3) is 2.68. The second-order valence-electron chi connectivity index (χ2n) is 3.61. The molecule has 0 spiro atoms. The third-order valence-electron chi connectivity index (χ3n) is 2.37. The number of para-hydroxylation sites is 1. The minimum Gasteiger partial charge on any atom is -0.464 e. The van der Waals surface area contributed by atoms with E-state index in [-0.39, 0.29) is 5.97 Å². The maximum absolute atomic E-state index is 11.8. The molecular weight excluding hydrogens is 250 g/mol. The Bertz CT molecular complexity index is 505. The van der Waals surface area contributed by atoms with E-state index in [9.17, 15) is 4.79 Å². The van der Waals surface area contributed by atoms with Crippen LogP contribution in [0.25, 0.3) is 10.2 Å². The number of aromatic nitrogens is 1. The number of carbonyl (C=O) groups excluding carboxylic acids is 1. The van der Waals surface area contributed by atoms with Crippen molar-refractivity contribution in [1.82, 2.24) is 4.98 Å². The van der Waals surface area contributed by atoms with Gasteiger partial charge in [0.25, 0.3) is 0 Å². The monoisotopic (exact) mass is 265 g/mol. The Kier molecular flexibility index (Phi) is 4.28. The van der Waals surface area contributed by atoms with Crippen molar-refractivity contribution in [3.8, 4) is 0 Å². The van der Waals surface area contributed by atoms with E-state index in [1.54, 1.807) is 6.92 Å². The first-order chi connectivity index (χ1) is 8.76. The third-order valence-corrected chi connectivity index (χ3v) is 3.45. The minimum atomic E-state index is -0.715. The van der Waals surface area contributed by atoms with Gasteiger partial charge in [-0.15, -0.1) is 11.3 Å². The van der Waals surface area contributed by atoms with Gasteiger partial charge in [0.05, 0.1) is 16.8 Å². The van der Waals surface area contributed by atoms with E-state index in [0.29, 0.717) is 18.2 Å². The van der Waals surface area contributed by atoms with Crippen LogP contribution in [0.2, 0.25) is 0 Å². The van der Waals surface area contributed by atoms with E-state index in [1.165, 1.54) is 11.3 Å². The molecule has 1 aromatic carbocycles. The van der Waals surface area contributed by atoms with Crippen LogP contribution in [0.5, 0.6) is 0 Å². The van der Waals surface area contributed by atoms with Gasteiger partial charge < -0.3 is 9.47 Å². The van der Waals surface area contributed by atoms with E-state index >= 15 is 0 Å². The fraction of sp³-hybridized carbons (Fsp3) is 0.385. The van der Waals surface area contributed by atoms with Gasteiger partial charge in [-0.2, -0.15) is 0 Å². The maximum Gasteiger partial charge on any atom is 0.342 e. The molecular formula is C13H15NO3S. The van der Waals surface area contributed by atoms with Crippen molar-refractivity contribution in [2.45, 2.75) is 20.0 Å². The van der Waals surface area contributed by atoms with Gasteiger partial charge in [0.15, 0.2) is 0 Å². The number of ether oxygens (including phenoxy) is 2. The number of benzene rings is 1. The average molecular weight is 265 g/mol. The molecule has 0 aliphatic heterocycles. The van der Waals surface area contributed by atoms with E-state index in [2.05, 4.69) is 4.98 Å². The van der Waals surface area contributed by atoms with E-state index < -0.39 is 6.10 Å². The number of thiazole rings is 1. The summed E-state index contributed by atoms with van der Waals surface area (Å²) in [5.74, 6) is -0.376. The lowest BCUT2D eigenvalue weighted by Gasteiger charge is -2.12. The molecule has 18 heavy (non-hydrogen) atoms. The van der Waals surface area contributed by atoms with Crippen molar-refractivity contribution < 1.29 is 14.3 Å². The van der Waals surface area contributed by atoms with Crippen LogP contribution in [0.3, 0.4) is 0 Å². The molecule has 1 aromatic heterocycles. The molecule has 0 fully saturated rings. The van der Waals surface area contributed by atoms with E-state index in [4.69, 9.17) is 9.47 Å². The molecule has 4 nitrogen and oxygen atoms in total. The number of hydrogen-bond acceptors (Lipinski definition) is 5. The zero-order valence-corrected chi connectivity index (χ0v) is 11.2.